The van der Waals surface area contributed by atoms with Crippen LogP contribution in [-0.2, 0) is 33.6 Å². The Morgan fingerprint density at radius 1 is 0.507 bits per heavy atom. The molecule has 69 heavy (non-hydrogen) atoms. The number of methoxy groups -OCH3 is 2. The Kier molecular flexibility index (Phi) is 17.1. The maximum absolute atomic E-state index is 11.4. The summed E-state index contributed by atoms with van der Waals surface area (Å²) >= 11 is 0. The summed E-state index contributed by atoms with van der Waals surface area (Å²) in [6.07, 6.45) is 4.79. The molecule has 2 fully saturated rings. The first kappa shape index (κ1) is 51.8. The van der Waals surface area contributed by atoms with E-state index in [-0.39, 0.29) is 42.9 Å². The number of carboxylic acids is 2. The lowest BCUT2D eigenvalue weighted by Gasteiger charge is -2.24. The SMILES string of the molecule is C.COc1cccc(-c2ccc(COc3cccc([C@@H](CC(=O)O)C4CC4)c3)cc2C(C)(C)C)c1.COc1cccc(-c2ccc(COc3cccc([C@H](CC(=O)O)C4CC4)c3)cc2C(C)(C)C)c1. The molecular weight excluding hydrogens is 861 g/mol. The normalized spacial score (nSPS) is 14.3. The van der Waals surface area contributed by atoms with Gasteiger partial charge in [0, 0.05) is 0 Å². The molecule has 364 valence electrons. The number of hydrogen-bond donors (Lipinski definition) is 2. The predicted molar refractivity (Wildman–Crippen MR) is 278 cm³/mol. The number of hydrogen-bond acceptors (Lipinski definition) is 6. The molecule has 2 aliphatic carbocycles. The van der Waals surface area contributed by atoms with Crippen molar-refractivity contribution in [2.24, 2.45) is 11.8 Å². The Bertz CT molecular complexity index is 2490. The molecule has 2 saturated carbocycles. The summed E-state index contributed by atoms with van der Waals surface area (Å²) in [5, 5.41) is 18.7. The largest absolute Gasteiger partial charge is 0.497 e. The molecule has 8 rings (SSSR count). The van der Waals surface area contributed by atoms with Crippen LogP contribution < -0.4 is 18.9 Å². The predicted octanol–water partition coefficient (Wildman–Crippen LogP) is 15.1. The van der Waals surface area contributed by atoms with Crippen molar-refractivity contribution in [3.05, 3.63) is 167 Å². The van der Waals surface area contributed by atoms with Crippen LogP contribution in [-0.4, -0.2) is 36.4 Å². The summed E-state index contributed by atoms with van der Waals surface area (Å²) in [6, 6.07) is 45.3. The van der Waals surface area contributed by atoms with Crippen molar-refractivity contribution in [3.8, 4) is 45.3 Å². The van der Waals surface area contributed by atoms with E-state index in [9.17, 15) is 19.8 Å². The van der Waals surface area contributed by atoms with Gasteiger partial charge in [0.05, 0.1) is 27.1 Å². The highest BCUT2D eigenvalue weighted by Gasteiger charge is 2.35. The van der Waals surface area contributed by atoms with Crippen LogP contribution in [0.15, 0.2) is 133 Å². The van der Waals surface area contributed by atoms with Crippen LogP contribution in [0.25, 0.3) is 22.3 Å². The third-order valence-electron chi connectivity index (χ3n) is 13.1. The minimum Gasteiger partial charge on any atom is -0.497 e. The smallest absolute Gasteiger partial charge is 0.303 e. The van der Waals surface area contributed by atoms with Crippen molar-refractivity contribution in [2.75, 3.05) is 14.2 Å². The van der Waals surface area contributed by atoms with E-state index < -0.39 is 11.9 Å². The maximum Gasteiger partial charge on any atom is 0.303 e. The van der Waals surface area contributed by atoms with Gasteiger partial charge in [0.25, 0.3) is 0 Å². The summed E-state index contributed by atoms with van der Waals surface area (Å²) in [5.41, 5.74) is 11.4. The van der Waals surface area contributed by atoms with Gasteiger partial charge in [0.2, 0.25) is 0 Å². The Hall–Kier alpha value is -6.54. The highest BCUT2D eigenvalue weighted by Crippen LogP contribution is 2.46. The van der Waals surface area contributed by atoms with Gasteiger partial charge in [-0.2, -0.15) is 0 Å². The molecule has 0 spiro atoms. The number of carboxylic acid groups (broad SMARTS) is 2. The second kappa shape index (κ2) is 22.7. The molecule has 0 bridgehead atoms. The Morgan fingerprint density at radius 3 is 1.20 bits per heavy atom. The summed E-state index contributed by atoms with van der Waals surface area (Å²) in [5.74, 6) is 2.85. The lowest BCUT2D eigenvalue weighted by Crippen LogP contribution is -2.14. The van der Waals surface area contributed by atoms with E-state index in [4.69, 9.17) is 18.9 Å². The number of carbonyl (C=O) groups is 2. The molecule has 0 aliphatic heterocycles. The minimum absolute atomic E-state index is 0. The quantitative estimate of drug-likeness (QED) is 0.0877. The molecule has 6 aromatic rings. The van der Waals surface area contributed by atoms with Gasteiger partial charge in [-0.25, -0.2) is 0 Å². The van der Waals surface area contributed by atoms with Crippen molar-refractivity contribution < 1.29 is 38.7 Å². The molecule has 6 aromatic carbocycles. The zero-order valence-electron chi connectivity index (χ0n) is 41.0. The van der Waals surface area contributed by atoms with E-state index in [1.807, 2.05) is 72.8 Å². The Morgan fingerprint density at radius 2 is 0.870 bits per heavy atom. The number of rotatable bonds is 18. The first-order valence-electron chi connectivity index (χ1n) is 23.9. The van der Waals surface area contributed by atoms with E-state index in [1.165, 1.54) is 22.3 Å². The summed E-state index contributed by atoms with van der Waals surface area (Å²) in [7, 11) is 3.38. The lowest BCUT2D eigenvalue weighted by molar-refractivity contribution is -0.138. The van der Waals surface area contributed by atoms with Crippen molar-refractivity contribution in [3.63, 3.8) is 0 Å². The van der Waals surface area contributed by atoms with Crippen molar-refractivity contribution in [2.45, 2.75) is 123 Å². The average molecular weight is 933 g/mol. The number of benzene rings is 6. The van der Waals surface area contributed by atoms with Crippen LogP contribution in [0.3, 0.4) is 0 Å². The molecule has 0 heterocycles. The highest BCUT2D eigenvalue weighted by molar-refractivity contribution is 5.72. The van der Waals surface area contributed by atoms with E-state index in [0.717, 1.165) is 82.1 Å². The topological polar surface area (TPSA) is 112 Å². The van der Waals surface area contributed by atoms with E-state index >= 15 is 0 Å². The Balaban J connectivity index is 0.000000224. The molecule has 2 N–H and O–H groups in total. The molecule has 0 aromatic heterocycles. The molecule has 8 heteroatoms. The minimum atomic E-state index is -0.742. The summed E-state index contributed by atoms with van der Waals surface area (Å²) in [6.45, 7) is 14.2. The van der Waals surface area contributed by atoms with Gasteiger partial charge in [-0.15, -0.1) is 0 Å². The first-order chi connectivity index (χ1) is 32.5. The van der Waals surface area contributed by atoms with Gasteiger partial charge in [0.1, 0.15) is 36.2 Å². The molecule has 2 atom stereocenters. The fourth-order valence-electron chi connectivity index (χ4n) is 9.18. The Labute approximate surface area is 410 Å². The van der Waals surface area contributed by atoms with Crippen LogP contribution in [0, 0.1) is 11.8 Å². The van der Waals surface area contributed by atoms with E-state index in [2.05, 4.69) is 102 Å². The summed E-state index contributed by atoms with van der Waals surface area (Å²) in [4.78, 5) is 22.7. The third kappa shape index (κ3) is 14.3. The van der Waals surface area contributed by atoms with Gasteiger partial charge in [-0.3, -0.25) is 9.59 Å². The molecule has 0 unspecified atom stereocenters. The van der Waals surface area contributed by atoms with Gasteiger partial charge < -0.3 is 29.2 Å². The molecular formula is C61H72O8. The molecule has 0 radical (unpaired) electrons. The van der Waals surface area contributed by atoms with Crippen LogP contribution in [0.2, 0.25) is 0 Å². The van der Waals surface area contributed by atoms with Gasteiger partial charge >= 0.3 is 11.9 Å². The van der Waals surface area contributed by atoms with E-state index in [1.54, 1.807) is 14.2 Å². The van der Waals surface area contributed by atoms with Gasteiger partial charge in [-0.05, 0) is 164 Å². The number of ether oxygens (including phenoxy) is 4. The van der Waals surface area contributed by atoms with Crippen LogP contribution in [0.1, 0.15) is 133 Å². The standard InChI is InChI=1S/2C30H34O4.CH4/c2*1-30(2,3)28-15-20(11-14-26(28)22-7-5-9-24(16-22)33-4)19-34-25-10-6-8-23(17-25)27(18-29(31)32)21-12-13-21;/h2*5-11,14-17,21,27H,12-13,18-19H2,1-4H3,(H,31,32);1H4/t2*27-;/m10./s1. The van der Waals surface area contributed by atoms with Crippen LogP contribution >= 0.6 is 0 Å². The average Bonchev–Trinajstić information content (AvgIpc) is 4.27. The van der Waals surface area contributed by atoms with Gasteiger partial charge in [0.15, 0.2) is 0 Å². The van der Waals surface area contributed by atoms with Crippen molar-refractivity contribution in [1.29, 1.82) is 0 Å². The maximum atomic E-state index is 11.4. The molecule has 0 amide bonds. The van der Waals surface area contributed by atoms with Crippen molar-refractivity contribution in [1.82, 2.24) is 0 Å². The highest BCUT2D eigenvalue weighted by atomic mass is 16.5. The second-order valence-corrected chi connectivity index (χ2v) is 20.5. The third-order valence-corrected chi connectivity index (χ3v) is 13.1. The molecule has 8 nitrogen and oxygen atoms in total. The lowest BCUT2D eigenvalue weighted by atomic mass is 9.81. The zero-order valence-corrected chi connectivity index (χ0v) is 41.0. The van der Waals surface area contributed by atoms with Gasteiger partial charge in [-0.1, -0.05) is 134 Å². The van der Waals surface area contributed by atoms with Crippen LogP contribution in [0.4, 0.5) is 0 Å². The first-order valence-corrected chi connectivity index (χ1v) is 23.9. The van der Waals surface area contributed by atoms with Crippen molar-refractivity contribution >= 4 is 11.9 Å². The number of aliphatic carboxylic acids is 2. The monoisotopic (exact) mass is 933 g/mol. The fraction of sp³-hybridized carbons (Fsp3) is 0.377. The summed E-state index contributed by atoms with van der Waals surface area (Å²) < 4.78 is 23.2. The molecule has 0 saturated heterocycles. The second-order valence-electron chi connectivity index (χ2n) is 20.5. The zero-order chi connectivity index (χ0) is 48.6. The van der Waals surface area contributed by atoms with E-state index in [0.29, 0.717) is 25.0 Å². The fourth-order valence-corrected chi connectivity index (χ4v) is 9.18. The van der Waals surface area contributed by atoms with Crippen LogP contribution in [0.5, 0.6) is 23.0 Å². The molecule has 2 aliphatic rings.